The highest BCUT2D eigenvalue weighted by atomic mass is 16.5. The molecule has 0 radical (unpaired) electrons. The van der Waals surface area contributed by atoms with Crippen LogP contribution in [0.3, 0.4) is 0 Å². The fourth-order valence-electron chi connectivity index (χ4n) is 2.65. The van der Waals surface area contributed by atoms with E-state index >= 15 is 0 Å². The van der Waals surface area contributed by atoms with Gasteiger partial charge in [0.2, 0.25) is 5.91 Å². The highest BCUT2D eigenvalue weighted by Crippen LogP contribution is 2.25. The SMILES string of the molecule is COCC(C)CC(=O)NCc1cccc2c1NCCC2. The molecule has 1 atom stereocenters. The van der Waals surface area contributed by atoms with Gasteiger partial charge in [-0.15, -0.1) is 0 Å². The maximum atomic E-state index is 11.9. The van der Waals surface area contributed by atoms with E-state index in [1.54, 1.807) is 7.11 Å². The van der Waals surface area contributed by atoms with Gasteiger partial charge in [0.15, 0.2) is 0 Å². The summed E-state index contributed by atoms with van der Waals surface area (Å²) < 4.78 is 5.05. The number of fused-ring (bicyclic) bond motifs is 1. The highest BCUT2D eigenvalue weighted by molar-refractivity contribution is 5.76. The molecule has 1 aliphatic heterocycles. The lowest BCUT2D eigenvalue weighted by Gasteiger charge is -2.21. The van der Waals surface area contributed by atoms with Crippen LogP contribution in [-0.2, 0) is 22.5 Å². The molecule has 0 aromatic heterocycles. The third-order valence-electron chi connectivity index (χ3n) is 3.62. The third-order valence-corrected chi connectivity index (χ3v) is 3.62. The van der Waals surface area contributed by atoms with Crippen molar-refractivity contribution in [3.05, 3.63) is 29.3 Å². The Hall–Kier alpha value is -1.55. The number of rotatable bonds is 6. The summed E-state index contributed by atoms with van der Waals surface area (Å²) in [5.41, 5.74) is 3.75. The average Bonchev–Trinajstić information content (AvgIpc) is 2.45. The molecule has 1 unspecified atom stereocenters. The Balaban J connectivity index is 1.89. The number of aryl methyl sites for hydroxylation is 1. The first kappa shape index (κ1) is 14.9. The standard InChI is InChI=1S/C16H24N2O2/c1-12(11-20-2)9-15(19)18-10-14-6-3-5-13-7-4-8-17-16(13)14/h3,5-6,12,17H,4,7-11H2,1-2H3,(H,18,19). The zero-order chi connectivity index (χ0) is 14.4. The molecule has 4 nitrogen and oxygen atoms in total. The summed E-state index contributed by atoms with van der Waals surface area (Å²) in [5.74, 6) is 0.339. The van der Waals surface area contributed by atoms with Crippen LogP contribution >= 0.6 is 0 Å². The van der Waals surface area contributed by atoms with E-state index in [1.165, 1.54) is 23.2 Å². The molecule has 4 heteroatoms. The number of anilines is 1. The quantitative estimate of drug-likeness (QED) is 0.838. The summed E-state index contributed by atoms with van der Waals surface area (Å²) in [5, 5.41) is 6.45. The number of hydrogen-bond donors (Lipinski definition) is 2. The first-order chi connectivity index (χ1) is 9.70. The molecule has 2 rings (SSSR count). The van der Waals surface area contributed by atoms with Gasteiger partial charge < -0.3 is 15.4 Å². The van der Waals surface area contributed by atoms with Crippen molar-refractivity contribution in [2.24, 2.45) is 5.92 Å². The summed E-state index contributed by atoms with van der Waals surface area (Å²) in [6.07, 6.45) is 2.81. The summed E-state index contributed by atoms with van der Waals surface area (Å²) in [7, 11) is 1.66. The van der Waals surface area contributed by atoms with Gasteiger partial charge in [-0.1, -0.05) is 25.1 Å². The molecule has 110 valence electrons. The van der Waals surface area contributed by atoms with E-state index in [0.29, 0.717) is 19.6 Å². The van der Waals surface area contributed by atoms with Crippen LogP contribution in [0.2, 0.25) is 0 Å². The van der Waals surface area contributed by atoms with Crippen LogP contribution in [0.1, 0.15) is 30.9 Å². The lowest BCUT2D eigenvalue weighted by molar-refractivity contribution is -0.122. The predicted molar refractivity (Wildman–Crippen MR) is 80.8 cm³/mol. The van der Waals surface area contributed by atoms with Crippen molar-refractivity contribution in [1.82, 2.24) is 5.32 Å². The smallest absolute Gasteiger partial charge is 0.220 e. The second-order valence-electron chi connectivity index (χ2n) is 5.52. The van der Waals surface area contributed by atoms with Gasteiger partial charge in [-0.3, -0.25) is 4.79 Å². The second-order valence-corrected chi connectivity index (χ2v) is 5.52. The number of para-hydroxylation sites is 1. The normalized spacial score (nSPS) is 15.1. The Morgan fingerprint density at radius 1 is 1.50 bits per heavy atom. The van der Waals surface area contributed by atoms with Crippen LogP contribution in [0, 0.1) is 5.92 Å². The molecule has 0 spiro atoms. The number of ether oxygens (including phenoxy) is 1. The fourth-order valence-corrected chi connectivity index (χ4v) is 2.65. The Morgan fingerprint density at radius 2 is 2.35 bits per heavy atom. The molecule has 1 heterocycles. The van der Waals surface area contributed by atoms with E-state index in [9.17, 15) is 4.79 Å². The van der Waals surface area contributed by atoms with Crippen molar-refractivity contribution in [1.29, 1.82) is 0 Å². The van der Waals surface area contributed by atoms with Gasteiger partial charge in [-0.05, 0) is 29.9 Å². The minimum absolute atomic E-state index is 0.0861. The van der Waals surface area contributed by atoms with Gasteiger partial charge in [0.25, 0.3) is 0 Å². The number of benzene rings is 1. The fraction of sp³-hybridized carbons (Fsp3) is 0.562. The van der Waals surface area contributed by atoms with Crippen molar-refractivity contribution in [2.45, 2.75) is 32.7 Å². The van der Waals surface area contributed by atoms with Gasteiger partial charge >= 0.3 is 0 Å². The largest absolute Gasteiger partial charge is 0.385 e. The van der Waals surface area contributed by atoms with E-state index in [1.807, 2.05) is 6.92 Å². The summed E-state index contributed by atoms with van der Waals surface area (Å²) in [4.78, 5) is 11.9. The van der Waals surface area contributed by atoms with Gasteiger partial charge in [0, 0.05) is 38.9 Å². The van der Waals surface area contributed by atoms with E-state index in [4.69, 9.17) is 4.74 Å². The molecule has 0 fully saturated rings. The Morgan fingerprint density at radius 3 is 3.15 bits per heavy atom. The second kappa shape index (κ2) is 7.29. The summed E-state index contributed by atoms with van der Waals surface area (Å²) >= 11 is 0. The molecule has 0 bridgehead atoms. The molecule has 1 aromatic carbocycles. The average molecular weight is 276 g/mol. The molecule has 0 saturated heterocycles. The van der Waals surface area contributed by atoms with Gasteiger partial charge in [-0.25, -0.2) is 0 Å². The number of nitrogens with one attached hydrogen (secondary N) is 2. The lowest BCUT2D eigenvalue weighted by Crippen LogP contribution is -2.26. The van der Waals surface area contributed by atoms with E-state index in [-0.39, 0.29) is 11.8 Å². The van der Waals surface area contributed by atoms with Crippen molar-refractivity contribution in [3.8, 4) is 0 Å². The molecular formula is C16H24N2O2. The van der Waals surface area contributed by atoms with Crippen molar-refractivity contribution in [3.63, 3.8) is 0 Å². The predicted octanol–water partition coefficient (Wildman–Crippen LogP) is 2.33. The molecule has 1 aliphatic rings. The third kappa shape index (κ3) is 3.97. The van der Waals surface area contributed by atoms with Crippen LogP contribution in [0.15, 0.2) is 18.2 Å². The zero-order valence-electron chi connectivity index (χ0n) is 12.4. The number of amides is 1. The van der Waals surface area contributed by atoms with Gasteiger partial charge in [0.05, 0.1) is 0 Å². The number of methoxy groups -OCH3 is 1. The maximum absolute atomic E-state index is 11.9. The first-order valence-corrected chi connectivity index (χ1v) is 7.31. The summed E-state index contributed by atoms with van der Waals surface area (Å²) in [6.45, 7) is 4.25. The summed E-state index contributed by atoms with van der Waals surface area (Å²) in [6, 6.07) is 6.31. The van der Waals surface area contributed by atoms with E-state index < -0.39 is 0 Å². The maximum Gasteiger partial charge on any atom is 0.220 e. The van der Waals surface area contributed by atoms with Crippen LogP contribution in [0.5, 0.6) is 0 Å². The first-order valence-electron chi connectivity index (χ1n) is 7.31. The Bertz CT molecular complexity index is 460. The van der Waals surface area contributed by atoms with Crippen LogP contribution in [0.4, 0.5) is 5.69 Å². The number of hydrogen-bond acceptors (Lipinski definition) is 3. The molecule has 0 aliphatic carbocycles. The van der Waals surface area contributed by atoms with Crippen LogP contribution in [-0.4, -0.2) is 26.2 Å². The van der Waals surface area contributed by atoms with Crippen molar-refractivity contribution < 1.29 is 9.53 Å². The monoisotopic (exact) mass is 276 g/mol. The molecule has 1 aromatic rings. The number of carbonyl (C=O) groups excluding carboxylic acids is 1. The molecule has 1 amide bonds. The van der Waals surface area contributed by atoms with Crippen LogP contribution < -0.4 is 10.6 Å². The highest BCUT2D eigenvalue weighted by Gasteiger charge is 2.13. The van der Waals surface area contributed by atoms with E-state index in [2.05, 4.69) is 28.8 Å². The molecule has 20 heavy (non-hydrogen) atoms. The zero-order valence-corrected chi connectivity index (χ0v) is 12.4. The molecular weight excluding hydrogens is 252 g/mol. The molecule has 2 N–H and O–H groups in total. The number of carbonyl (C=O) groups is 1. The Labute approximate surface area is 120 Å². The topological polar surface area (TPSA) is 50.4 Å². The van der Waals surface area contributed by atoms with Crippen molar-refractivity contribution in [2.75, 3.05) is 25.6 Å². The van der Waals surface area contributed by atoms with Gasteiger partial charge in [0.1, 0.15) is 0 Å². The molecule has 0 saturated carbocycles. The lowest BCUT2D eigenvalue weighted by atomic mass is 9.99. The minimum Gasteiger partial charge on any atom is -0.385 e. The van der Waals surface area contributed by atoms with E-state index in [0.717, 1.165) is 13.0 Å². The van der Waals surface area contributed by atoms with Crippen LogP contribution in [0.25, 0.3) is 0 Å². The minimum atomic E-state index is 0.0861. The van der Waals surface area contributed by atoms with Crippen molar-refractivity contribution >= 4 is 11.6 Å². The Kier molecular flexibility index (Phi) is 5.41. The van der Waals surface area contributed by atoms with Gasteiger partial charge in [-0.2, -0.15) is 0 Å².